The third-order valence-electron chi connectivity index (χ3n) is 2.26. The lowest BCUT2D eigenvalue weighted by Crippen LogP contribution is -2.07. The minimum absolute atomic E-state index is 0.125. The minimum Gasteiger partial charge on any atom is -0.481 e. The molecule has 0 amide bonds. The van der Waals surface area contributed by atoms with Gasteiger partial charge in [-0.2, -0.15) is 0 Å². The highest BCUT2D eigenvalue weighted by Gasteiger charge is 2.14. The van der Waals surface area contributed by atoms with Crippen molar-refractivity contribution in [3.63, 3.8) is 0 Å². The number of allylic oxidation sites excluding steroid dienone is 1. The molecular formula is C12H11NO5. The minimum atomic E-state index is -1.23. The van der Waals surface area contributed by atoms with Crippen molar-refractivity contribution in [1.29, 1.82) is 0 Å². The van der Waals surface area contributed by atoms with E-state index in [0.29, 0.717) is 0 Å². The van der Waals surface area contributed by atoms with E-state index in [1.165, 1.54) is 31.2 Å². The van der Waals surface area contributed by atoms with Gasteiger partial charge < -0.3 is 5.11 Å². The summed E-state index contributed by atoms with van der Waals surface area (Å²) >= 11 is 0. The van der Waals surface area contributed by atoms with Crippen molar-refractivity contribution in [3.05, 3.63) is 45.5 Å². The van der Waals surface area contributed by atoms with E-state index in [4.69, 9.17) is 5.11 Å². The normalized spacial score (nSPS) is 11.1. The van der Waals surface area contributed by atoms with Gasteiger partial charge in [-0.1, -0.05) is 12.1 Å². The number of nitrogens with zero attached hydrogens (tertiary/aromatic N) is 1. The summed E-state index contributed by atoms with van der Waals surface area (Å²) in [6, 6.07) is 5.94. The maximum atomic E-state index is 11.4. The van der Waals surface area contributed by atoms with Crippen LogP contribution in [0.15, 0.2) is 29.8 Å². The molecule has 0 aliphatic rings. The lowest BCUT2D eigenvalue weighted by atomic mass is 10.1. The van der Waals surface area contributed by atoms with E-state index in [-0.39, 0.29) is 16.8 Å². The lowest BCUT2D eigenvalue weighted by Gasteiger charge is -2.00. The third kappa shape index (κ3) is 3.51. The van der Waals surface area contributed by atoms with Crippen LogP contribution in [-0.2, 0) is 9.59 Å². The Kier molecular flexibility index (Phi) is 4.31. The highest BCUT2D eigenvalue weighted by Crippen LogP contribution is 2.20. The number of para-hydroxylation sites is 1. The van der Waals surface area contributed by atoms with Gasteiger partial charge in [0.1, 0.15) is 6.42 Å². The van der Waals surface area contributed by atoms with Crippen LogP contribution < -0.4 is 0 Å². The SMILES string of the molecule is CC(=Cc1ccccc1[N+](=O)[O-])C(=O)CC(=O)O. The van der Waals surface area contributed by atoms with E-state index in [1.807, 2.05) is 0 Å². The first-order valence-electron chi connectivity index (χ1n) is 5.08. The van der Waals surface area contributed by atoms with Crippen LogP contribution in [0.4, 0.5) is 5.69 Å². The topological polar surface area (TPSA) is 97.5 Å². The summed E-state index contributed by atoms with van der Waals surface area (Å²) in [5.41, 5.74) is 0.324. The molecule has 0 aliphatic carbocycles. The number of aliphatic carboxylic acids is 1. The van der Waals surface area contributed by atoms with E-state index < -0.39 is 23.1 Å². The fraction of sp³-hybridized carbons (Fsp3) is 0.167. The molecule has 0 bridgehead atoms. The summed E-state index contributed by atoms with van der Waals surface area (Å²) in [5, 5.41) is 19.2. The summed E-state index contributed by atoms with van der Waals surface area (Å²) in [6.07, 6.45) is 0.701. The van der Waals surface area contributed by atoms with Crippen molar-refractivity contribution >= 4 is 23.5 Å². The molecule has 0 unspecified atom stereocenters. The van der Waals surface area contributed by atoms with Gasteiger partial charge >= 0.3 is 5.97 Å². The molecule has 0 saturated carbocycles. The van der Waals surface area contributed by atoms with Crippen molar-refractivity contribution < 1.29 is 19.6 Å². The quantitative estimate of drug-likeness (QED) is 0.372. The van der Waals surface area contributed by atoms with Crippen molar-refractivity contribution in [1.82, 2.24) is 0 Å². The number of carbonyl (C=O) groups is 2. The van der Waals surface area contributed by atoms with Gasteiger partial charge in [0, 0.05) is 6.07 Å². The Morgan fingerprint density at radius 3 is 2.56 bits per heavy atom. The van der Waals surface area contributed by atoms with Crippen molar-refractivity contribution in [2.24, 2.45) is 0 Å². The molecule has 1 aromatic rings. The molecule has 1 N–H and O–H groups in total. The summed E-state index contributed by atoms with van der Waals surface area (Å²) in [4.78, 5) is 32.0. The number of nitro groups is 1. The Morgan fingerprint density at radius 1 is 1.39 bits per heavy atom. The molecule has 0 radical (unpaired) electrons. The summed E-state index contributed by atoms with van der Waals surface area (Å²) in [5.74, 6) is -1.80. The average molecular weight is 249 g/mol. The molecule has 0 heterocycles. The Labute approximate surface area is 103 Å². The highest BCUT2D eigenvalue weighted by molar-refractivity contribution is 6.07. The van der Waals surface area contributed by atoms with Crippen LogP contribution in [0.5, 0.6) is 0 Å². The van der Waals surface area contributed by atoms with Gasteiger partial charge in [0.2, 0.25) is 0 Å². The molecule has 6 nitrogen and oxygen atoms in total. The number of benzene rings is 1. The zero-order chi connectivity index (χ0) is 13.7. The van der Waals surface area contributed by atoms with Gasteiger partial charge in [-0.25, -0.2) is 0 Å². The van der Waals surface area contributed by atoms with Gasteiger partial charge in [-0.15, -0.1) is 0 Å². The molecular weight excluding hydrogens is 238 g/mol. The second-order valence-corrected chi connectivity index (χ2v) is 3.64. The lowest BCUT2D eigenvalue weighted by molar-refractivity contribution is -0.385. The largest absolute Gasteiger partial charge is 0.481 e. The van der Waals surface area contributed by atoms with Crippen LogP contribution in [0.3, 0.4) is 0 Å². The van der Waals surface area contributed by atoms with Crippen molar-refractivity contribution in [2.75, 3.05) is 0 Å². The Morgan fingerprint density at radius 2 is 2.00 bits per heavy atom. The maximum Gasteiger partial charge on any atom is 0.311 e. The van der Waals surface area contributed by atoms with Gasteiger partial charge in [0.25, 0.3) is 5.69 Å². The van der Waals surface area contributed by atoms with Crippen LogP contribution in [0.2, 0.25) is 0 Å². The number of hydrogen-bond donors (Lipinski definition) is 1. The summed E-state index contributed by atoms with van der Waals surface area (Å²) < 4.78 is 0. The number of ketones is 1. The van der Waals surface area contributed by atoms with Crippen LogP contribution in [0, 0.1) is 10.1 Å². The van der Waals surface area contributed by atoms with Crippen LogP contribution in [-0.4, -0.2) is 21.8 Å². The molecule has 0 saturated heterocycles. The molecule has 1 aromatic carbocycles. The van der Waals surface area contributed by atoms with Crippen molar-refractivity contribution in [3.8, 4) is 0 Å². The first-order valence-corrected chi connectivity index (χ1v) is 5.08. The second kappa shape index (κ2) is 5.72. The fourth-order valence-electron chi connectivity index (χ4n) is 1.37. The zero-order valence-corrected chi connectivity index (χ0v) is 9.62. The van der Waals surface area contributed by atoms with E-state index in [1.54, 1.807) is 6.07 Å². The first-order chi connectivity index (χ1) is 8.41. The monoisotopic (exact) mass is 249 g/mol. The number of carbonyl (C=O) groups excluding carboxylic acids is 1. The summed E-state index contributed by atoms with van der Waals surface area (Å²) in [6.45, 7) is 1.43. The number of rotatable bonds is 5. The van der Waals surface area contributed by atoms with Gasteiger partial charge in [-0.05, 0) is 24.6 Å². The van der Waals surface area contributed by atoms with Crippen LogP contribution in [0.25, 0.3) is 6.08 Å². The number of carboxylic acids is 1. The van der Waals surface area contributed by atoms with E-state index in [0.717, 1.165) is 0 Å². The number of carboxylic acid groups (broad SMARTS) is 1. The zero-order valence-electron chi connectivity index (χ0n) is 9.62. The highest BCUT2D eigenvalue weighted by atomic mass is 16.6. The molecule has 18 heavy (non-hydrogen) atoms. The Balaban J connectivity index is 3.05. The van der Waals surface area contributed by atoms with Crippen LogP contribution in [0.1, 0.15) is 18.9 Å². The third-order valence-corrected chi connectivity index (χ3v) is 2.26. The molecule has 0 atom stereocenters. The number of hydrogen-bond acceptors (Lipinski definition) is 4. The Bertz CT molecular complexity index is 533. The molecule has 0 aliphatic heterocycles. The van der Waals surface area contributed by atoms with E-state index in [9.17, 15) is 19.7 Å². The fourth-order valence-corrected chi connectivity index (χ4v) is 1.37. The van der Waals surface area contributed by atoms with Gasteiger partial charge in [0.15, 0.2) is 5.78 Å². The number of Topliss-reactive ketones (excluding diaryl/α,β-unsaturated/α-hetero) is 1. The molecule has 94 valence electrons. The second-order valence-electron chi connectivity index (χ2n) is 3.64. The molecule has 0 spiro atoms. The standard InChI is InChI=1S/C12H11NO5/c1-8(11(14)7-12(15)16)6-9-4-2-3-5-10(9)13(17)18/h2-6H,7H2,1H3,(H,15,16). The molecule has 0 aromatic heterocycles. The van der Waals surface area contributed by atoms with E-state index >= 15 is 0 Å². The smallest absolute Gasteiger partial charge is 0.311 e. The summed E-state index contributed by atoms with van der Waals surface area (Å²) in [7, 11) is 0. The average Bonchev–Trinajstić information content (AvgIpc) is 2.28. The molecule has 1 rings (SSSR count). The predicted molar refractivity (Wildman–Crippen MR) is 64.0 cm³/mol. The molecule has 0 fully saturated rings. The maximum absolute atomic E-state index is 11.4. The van der Waals surface area contributed by atoms with E-state index in [2.05, 4.69) is 0 Å². The van der Waals surface area contributed by atoms with Crippen molar-refractivity contribution in [2.45, 2.75) is 13.3 Å². The first kappa shape index (κ1) is 13.6. The van der Waals surface area contributed by atoms with Gasteiger partial charge in [0.05, 0.1) is 10.5 Å². The number of nitro benzene ring substituents is 1. The molecule has 6 heteroatoms. The predicted octanol–water partition coefficient (Wildman–Crippen LogP) is 2.04. The van der Waals surface area contributed by atoms with Gasteiger partial charge in [-0.3, -0.25) is 19.7 Å². The Hall–Kier alpha value is -2.50. The van der Waals surface area contributed by atoms with Crippen LogP contribution >= 0.6 is 0 Å².